The van der Waals surface area contributed by atoms with Gasteiger partial charge in [-0.3, -0.25) is 0 Å². The molecule has 2 rings (SSSR count). The number of carbonyl (C=O) groups is 1. The Labute approximate surface area is 117 Å². The molecule has 1 aromatic rings. The number of nitrogens with two attached hydrogens (primary N) is 1. The van der Waals surface area contributed by atoms with Crippen LogP contribution in [0.5, 0.6) is 0 Å². The minimum absolute atomic E-state index is 0.228. The lowest BCUT2D eigenvalue weighted by Gasteiger charge is -2.31. The highest BCUT2D eigenvalue weighted by Gasteiger charge is 2.28. The summed E-state index contributed by atoms with van der Waals surface area (Å²) in [5.41, 5.74) is 4.52. The van der Waals surface area contributed by atoms with Crippen LogP contribution in [-0.4, -0.2) is 12.1 Å². The van der Waals surface area contributed by atoms with Gasteiger partial charge in [0.05, 0.1) is 11.3 Å². The number of ether oxygens (including phenoxy) is 1. The van der Waals surface area contributed by atoms with Gasteiger partial charge in [-0.25, -0.2) is 13.6 Å². The molecular formula is C15H19F2NO2. The summed E-state index contributed by atoms with van der Waals surface area (Å²) in [6.45, 7) is 4.27. The number of nitrogen functional groups attached to an aromatic ring is 1. The number of benzene rings is 1. The fourth-order valence-electron chi connectivity index (χ4n) is 2.54. The molecule has 3 unspecified atom stereocenters. The van der Waals surface area contributed by atoms with Gasteiger partial charge in [-0.05, 0) is 37.2 Å². The van der Waals surface area contributed by atoms with E-state index in [1.165, 1.54) is 0 Å². The molecular weight excluding hydrogens is 264 g/mol. The van der Waals surface area contributed by atoms with Crippen molar-refractivity contribution in [1.82, 2.24) is 0 Å². The number of hydrogen-bond acceptors (Lipinski definition) is 3. The molecule has 0 aromatic heterocycles. The van der Waals surface area contributed by atoms with E-state index in [-0.39, 0.29) is 11.8 Å². The van der Waals surface area contributed by atoms with Crippen molar-refractivity contribution in [2.75, 3.05) is 5.73 Å². The molecule has 0 amide bonds. The van der Waals surface area contributed by atoms with Crippen LogP contribution in [0.3, 0.4) is 0 Å². The first-order valence-electron chi connectivity index (χ1n) is 6.84. The SMILES string of the molecule is CC1CCC(OC(=O)c2cc(F)c(N)cc2F)CC1C. The zero-order chi connectivity index (χ0) is 14.9. The molecule has 1 fully saturated rings. The van der Waals surface area contributed by atoms with Gasteiger partial charge in [0.1, 0.15) is 17.7 Å². The summed E-state index contributed by atoms with van der Waals surface area (Å²) in [5, 5.41) is 0. The van der Waals surface area contributed by atoms with Crippen molar-refractivity contribution in [3.63, 3.8) is 0 Å². The zero-order valence-electron chi connectivity index (χ0n) is 11.7. The molecule has 0 saturated heterocycles. The molecule has 1 saturated carbocycles. The second kappa shape index (κ2) is 5.77. The Balaban J connectivity index is 2.07. The molecule has 0 heterocycles. The Kier molecular flexibility index (Phi) is 4.26. The molecule has 3 nitrogen and oxygen atoms in total. The van der Waals surface area contributed by atoms with E-state index < -0.39 is 23.2 Å². The molecule has 110 valence electrons. The summed E-state index contributed by atoms with van der Waals surface area (Å²) in [6, 6.07) is 1.60. The third-order valence-corrected chi connectivity index (χ3v) is 4.13. The van der Waals surface area contributed by atoms with Crippen molar-refractivity contribution in [2.24, 2.45) is 11.8 Å². The van der Waals surface area contributed by atoms with Gasteiger partial charge in [-0.2, -0.15) is 0 Å². The van der Waals surface area contributed by atoms with Gasteiger partial charge in [0, 0.05) is 6.07 Å². The highest BCUT2D eigenvalue weighted by atomic mass is 19.1. The molecule has 0 spiro atoms. The van der Waals surface area contributed by atoms with Crippen molar-refractivity contribution in [3.8, 4) is 0 Å². The second-order valence-corrected chi connectivity index (χ2v) is 5.65. The summed E-state index contributed by atoms with van der Waals surface area (Å²) in [6.07, 6.45) is 2.26. The van der Waals surface area contributed by atoms with Crippen LogP contribution in [0, 0.1) is 23.5 Å². The van der Waals surface area contributed by atoms with Gasteiger partial charge in [0.25, 0.3) is 0 Å². The zero-order valence-corrected chi connectivity index (χ0v) is 11.7. The Morgan fingerprint density at radius 3 is 2.55 bits per heavy atom. The summed E-state index contributed by atoms with van der Waals surface area (Å²) < 4.78 is 32.2. The van der Waals surface area contributed by atoms with Crippen LogP contribution in [0.25, 0.3) is 0 Å². The molecule has 1 aliphatic rings. The Morgan fingerprint density at radius 1 is 1.20 bits per heavy atom. The first kappa shape index (κ1) is 14.8. The number of carbonyl (C=O) groups excluding carboxylic acids is 1. The van der Waals surface area contributed by atoms with E-state index in [0.717, 1.165) is 31.4 Å². The van der Waals surface area contributed by atoms with Crippen molar-refractivity contribution in [1.29, 1.82) is 0 Å². The Morgan fingerprint density at radius 2 is 1.90 bits per heavy atom. The molecule has 20 heavy (non-hydrogen) atoms. The summed E-state index contributed by atoms with van der Waals surface area (Å²) in [5.74, 6) is -1.45. The lowest BCUT2D eigenvalue weighted by molar-refractivity contribution is 0.00830. The van der Waals surface area contributed by atoms with Crippen LogP contribution in [0.4, 0.5) is 14.5 Å². The van der Waals surface area contributed by atoms with Gasteiger partial charge in [-0.1, -0.05) is 13.8 Å². The fraction of sp³-hybridized carbons (Fsp3) is 0.533. The largest absolute Gasteiger partial charge is 0.459 e. The van der Waals surface area contributed by atoms with E-state index in [0.29, 0.717) is 11.8 Å². The maximum absolute atomic E-state index is 13.6. The molecule has 1 aliphatic carbocycles. The maximum Gasteiger partial charge on any atom is 0.341 e. The van der Waals surface area contributed by atoms with Gasteiger partial charge in [-0.15, -0.1) is 0 Å². The number of esters is 1. The second-order valence-electron chi connectivity index (χ2n) is 5.65. The lowest BCUT2D eigenvalue weighted by Crippen LogP contribution is -2.29. The molecule has 0 aliphatic heterocycles. The molecule has 3 atom stereocenters. The van der Waals surface area contributed by atoms with Gasteiger partial charge < -0.3 is 10.5 Å². The highest BCUT2D eigenvalue weighted by molar-refractivity contribution is 5.90. The maximum atomic E-state index is 13.6. The number of halogens is 2. The highest BCUT2D eigenvalue weighted by Crippen LogP contribution is 2.31. The van der Waals surface area contributed by atoms with Crippen LogP contribution >= 0.6 is 0 Å². The normalized spacial score (nSPS) is 26.3. The van der Waals surface area contributed by atoms with E-state index >= 15 is 0 Å². The van der Waals surface area contributed by atoms with E-state index in [4.69, 9.17) is 10.5 Å². The fourth-order valence-corrected chi connectivity index (χ4v) is 2.54. The Hall–Kier alpha value is -1.65. The molecule has 0 bridgehead atoms. The van der Waals surface area contributed by atoms with Gasteiger partial charge in [0.2, 0.25) is 0 Å². The molecule has 5 heteroatoms. The summed E-state index contributed by atoms with van der Waals surface area (Å²) in [7, 11) is 0. The van der Waals surface area contributed by atoms with Crippen LogP contribution in [-0.2, 0) is 4.74 Å². The van der Waals surface area contributed by atoms with Crippen LogP contribution in [0.1, 0.15) is 43.5 Å². The first-order chi connectivity index (χ1) is 9.38. The van der Waals surface area contributed by atoms with E-state index in [9.17, 15) is 13.6 Å². The minimum atomic E-state index is -0.855. The van der Waals surface area contributed by atoms with Gasteiger partial charge >= 0.3 is 5.97 Å². The monoisotopic (exact) mass is 283 g/mol. The Bertz CT molecular complexity index is 519. The first-order valence-corrected chi connectivity index (χ1v) is 6.84. The van der Waals surface area contributed by atoms with E-state index in [2.05, 4.69) is 13.8 Å². The number of hydrogen-bond donors (Lipinski definition) is 1. The summed E-state index contributed by atoms with van der Waals surface area (Å²) >= 11 is 0. The smallest absolute Gasteiger partial charge is 0.341 e. The predicted molar refractivity (Wildman–Crippen MR) is 72.2 cm³/mol. The van der Waals surface area contributed by atoms with Crippen LogP contribution in [0.15, 0.2) is 12.1 Å². The molecule has 1 aromatic carbocycles. The van der Waals surface area contributed by atoms with E-state index in [1.54, 1.807) is 0 Å². The third-order valence-electron chi connectivity index (χ3n) is 4.13. The average molecular weight is 283 g/mol. The number of anilines is 1. The third kappa shape index (κ3) is 3.08. The van der Waals surface area contributed by atoms with Crippen molar-refractivity contribution >= 4 is 11.7 Å². The molecule has 2 N–H and O–H groups in total. The topological polar surface area (TPSA) is 52.3 Å². The van der Waals surface area contributed by atoms with Crippen molar-refractivity contribution in [2.45, 2.75) is 39.2 Å². The van der Waals surface area contributed by atoms with Crippen LogP contribution < -0.4 is 5.73 Å². The van der Waals surface area contributed by atoms with Crippen molar-refractivity contribution < 1.29 is 18.3 Å². The average Bonchev–Trinajstić information content (AvgIpc) is 2.38. The number of rotatable bonds is 2. The minimum Gasteiger partial charge on any atom is -0.459 e. The van der Waals surface area contributed by atoms with Gasteiger partial charge in [0.15, 0.2) is 0 Å². The summed E-state index contributed by atoms with van der Waals surface area (Å²) in [4.78, 5) is 11.9. The molecule has 0 radical (unpaired) electrons. The quantitative estimate of drug-likeness (QED) is 0.667. The predicted octanol–water partition coefficient (Wildman–Crippen LogP) is 3.53. The van der Waals surface area contributed by atoms with Crippen LogP contribution in [0.2, 0.25) is 0 Å². The van der Waals surface area contributed by atoms with E-state index in [1.807, 2.05) is 0 Å². The lowest BCUT2D eigenvalue weighted by atomic mass is 9.80. The standard InChI is InChI=1S/C15H19F2NO2/c1-8-3-4-10(5-9(8)2)20-15(19)11-6-13(17)14(18)7-12(11)16/h6-10H,3-5,18H2,1-2H3. The van der Waals surface area contributed by atoms with Crippen molar-refractivity contribution in [3.05, 3.63) is 29.3 Å².